The molecule has 0 bridgehead atoms. The van der Waals surface area contributed by atoms with Gasteiger partial charge in [0, 0.05) is 19.1 Å². The first kappa shape index (κ1) is 14.0. The minimum absolute atomic E-state index is 0.171. The molecule has 1 aromatic rings. The van der Waals surface area contributed by atoms with Crippen molar-refractivity contribution in [2.75, 3.05) is 26.2 Å². The third kappa shape index (κ3) is 3.19. The van der Waals surface area contributed by atoms with Gasteiger partial charge in [-0.2, -0.15) is 0 Å². The van der Waals surface area contributed by atoms with Crippen molar-refractivity contribution in [1.82, 2.24) is 10.2 Å². The van der Waals surface area contributed by atoms with E-state index in [1.165, 1.54) is 24.5 Å². The highest BCUT2D eigenvalue weighted by molar-refractivity contribution is 5.34. The molecule has 1 aliphatic heterocycles. The van der Waals surface area contributed by atoms with E-state index in [2.05, 4.69) is 10.2 Å². The second-order valence-electron chi connectivity index (χ2n) is 6.00. The van der Waals surface area contributed by atoms with E-state index < -0.39 is 0 Å². The molecule has 3 rings (SSSR count). The number of hydrogen-bond acceptors (Lipinski definition) is 3. The molecule has 0 saturated carbocycles. The maximum Gasteiger partial charge on any atom is 0.123 e. The molecule has 1 fully saturated rings. The number of β-amino-alcohol motifs (C(OH)–C–C–N with tert-alkyl or cyclic N) is 1. The molecule has 3 nitrogen and oxygen atoms in total. The quantitative estimate of drug-likeness (QED) is 0.863. The molecule has 2 aliphatic rings. The first-order valence-corrected chi connectivity index (χ1v) is 7.64. The van der Waals surface area contributed by atoms with Gasteiger partial charge in [0.1, 0.15) is 5.82 Å². The highest BCUT2D eigenvalue weighted by Gasteiger charge is 2.23. The van der Waals surface area contributed by atoms with Crippen molar-refractivity contribution in [3.05, 3.63) is 35.1 Å². The van der Waals surface area contributed by atoms with Gasteiger partial charge < -0.3 is 15.3 Å². The fourth-order valence-electron chi connectivity index (χ4n) is 3.39. The Morgan fingerprint density at radius 2 is 2.15 bits per heavy atom. The lowest BCUT2D eigenvalue weighted by Gasteiger charge is -2.22. The molecule has 0 amide bonds. The first-order chi connectivity index (χ1) is 9.72. The summed E-state index contributed by atoms with van der Waals surface area (Å²) in [5, 5.41) is 13.5. The van der Waals surface area contributed by atoms with E-state index in [1.807, 2.05) is 6.07 Å². The molecule has 1 aromatic carbocycles. The lowest BCUT2D eigenvalue weighted by atomic mass is 10.1. The van der Waals surface area contributed by atoms with Gasteiger partial charge in [-0.25, -0.2) is 4.39 Å². The van der Waals surface area contributed by atoms with Crippen molar-refractivity contribution in [1.29, 1.82) is 0 Å². The number of nitrogens with one attached hydrogen (secondary N) is 1. The minimum atomic E-state index is -0.342. The largest absolute Gasteiger partial charge is 0.390 e. The SMILES string of the molecule is OC(CNC1CCc2ccc(F)cc21)CN1CCCC1. The van der Waals surface area contributed by atoms with Crippen molar-refractivity contribution in [2.45, 2.75) is 37.8 Å². The number of aliphatic hydroxyl groups is 1. The van der Waals surface area contributed by atoms with Gasteiger partial charge in [-0.05, 0) is 62.0 Å². The van der Waals surface area contributed by atoms with Gasteiger partial charge in [0.15, 0.2) is 0 Å². The maximum atomic E-state index is 13.3. The average molecular weight is 278 g/mol. The molecule has 1 aliphatic carbocycles. The van der Waals surface area contributed by atoms with Crippen LogP contribution in [0.25, 0.3) is 0 Å². The monoisotopic (exact) mass is 278 g/mol. The molecule has 0 radical (unpaired) electrons. The van der Waals surface area contributed by atoms with Crippen molar-refractivity contribution < 1.29 is 9.50 Å². The number of aryl methyl sites for hydroxylation is 1. The van der Waals surface area contributed by atoms with Crippen LogP contribution in [0.1, 0.15) is 36.4 Å². The van der Waals surface area contributed by atoms with E-state index in [4.69, 9.17) is 0 Å². The molecule has 20 heavy (non-hydrogen) atoms. The number of hydrogen-bond donors (Lipinski definition) is 2. The normalized spacial score (nSPS) is 24.0. The van der Waals surface area contributed by atoms with E-state index in [0.717, 1.165) is 38.0 Å². The molecule has 0 spiro atoms. The number of rotatable bonds is 5. The van der Waals surface area contributed by atoms with E-state index in [-0.39, 0.29) is 18.0 Å². The van der Waals surface area contributed by atoms with Crippen LogP contribution in [0.15, 0.2) is 18.2 Å². The molecule has 110 valence electrons. The zero-order chi connectivity index (χ0) is 13.9. The van der Waals surface area contributed by atoms with Crippen LogP contribution in [0.5, 0.6) is 0 Å². The Kier molecular flexibility index (Phi) is 4.34. The van der Waals surface area contributed by atoms with Crippen LogP contribution in [0, 0.1) is 5.82 Å². The van der Waals surface area contributed by atoms with Gasteiger partial charge in [0.05, 0.1) is 6.10 Å². The predicted molar refractivity (Wildman–Crippen MR) is 77.1 cm³/mol. The van der Waals surface area contributed by atoms with Crippen molar-refractivity contribution >= 4 is 0 Å². The molecule has 2 N–H and O–H groups in total. The van der Waals surface area contributed by atoms with Crippen LogP contribution in [-0.4, -0.2) is 42.3 Å². The van der Waals surface area contributed by atoms with Crippen LogP contribution in [-0.2, 0) is 6.42 Å². The second kappa shape index (κ2) is 6.20. The number of fused-ring (bicyclic) bond motifs is 1. The number of benzene rings is 1. The highest BCUT2D eigenvalue weighted by atomic mass is 19.1. The fourth-order valence-corrected chi connectivity index (χ4v) is 3.39. The first-order valence-electron chi connectivity index (χ1n) is 7.64. The van der Waals surface area contributed by atoms with Crippen LogP contribution in [0.3, 0.4) is 0 Å². The standard InChI is InChI=1S/C16H23FN2O/c17-13-5-3-12-4-6-16(15(12)9-13)18-10-14(20)11-19-7-1-2-8-19/h3,5,9,14,16,18,20H,1-2,4,6-8,10-11H2. The molecule has 1 saturated heterocycles. The summed E-state index contributed by atoms with van der Waals surface area (Å²) in [5.41, 5.74) is 2.30. The van der Waals surface area contributed by atoms with Crippen LogP contribution in [0.4, 0.5) is 4.39 Å². The Hall–Kier alpha value is -0.970. The van der Waals surface area contributed by atoms with Gasteiger partial charge in [-0.15, -0.1) is 0 Å². The molecule has 1 heterocycles. The number of aliphatic hydroxyl groups excluding tert-OH is 1. The van der Waals surface area contributed by atoms with Gasteiger partial charge in [-0.1, -0.05) is 6.07 Å². The topological polar surface area (TPSA) is 35.5 Å². The fraction of sp³-hybridized carbons (Fsp3) is 0.625. The van der Waals surface area contributed by atoms with E-state index in [9.17, 15) is 9.50 Å². The van der Waals surface area contributed by atoms with Crippen molar-refractivity contribution in [3.63, 3.8) is 0 Å². The highest BCUT2D eigenvalue weighted by Crippen LogP contribution is 2.31. The van der Waals surface area contributed by atoms with Crippen LogP contribution < -0.4 is 5.32 Å². The zero-order valence-corrected chi connectivity index (χ0v) is 11.8. The van der Waals surface area contributed by atoms with Crippen LogP contribution in [0.2, 0.25) is 0 Å². The summed E-state index contributed by atoms with van der Waals surface area (Å²) in [4.78, 5) is 2.31. The lowest BCUT2D eigenvalue weighted by molar-refractivity contribution is 0.120. The predicted octanol–water partition coefficient (Wildman–Crippen LogP) is 1.86. The van der Waals surface area contributed by atoms with Gasteiger partial charge >= 0.3 is 0 Å². The average Bonchev–Trinajstić information content (AvgIpc) is 3.05. The van der Waals surface area contributed by atoms with E-state index in [1.54, 1.807) is 6.07 Å². The molecular weight excluding hydrogens is 255 g/mol. The van der Waals surface area contributed by atoms with Gasteiger partial charge in [0.25, 0.3) is 0 Å². The molecule has 0 aromatic heterocycles. The molecular formula is C16H23FN2O. The summed E-state index contributed by atoms with van der Waals surface area (Å²) in [6.45, 7) is 3.54. The minimum Gasteiger partial charge on any atom is -0.390 e. The summed E-state index contributed by atoms with van der Waals surface area (Å²) in [7, 11) is 0. The molecule has 4 heteroatoms. The number of halogens is 1. The summed E-state index contributed by atoms with van der Waals surface area (Å²) < 4.78 is 13.3. The van der Waals surface area contributed by atoms with Crippen molar-refractivity contribution in [3.8, 4) is 0 Å². The summed E-state index contributed by atoms with van der Waals surface area (Å²) in [6, 6.07) is 5.23. The lowest BCUT2D eigenvalue weighted by Crippen LogP contribution is -2.38. The third-order valence-electron chi connectivity index (χ3n) is 4.45. The summed E-state index contributed by atoms with van der Waals surface area (Å²) >= 11 is 0. The van der Waals surface area contributed by atoms with E-state index >= 15 is 0 Å². The summed E-state index contributed by atoms with van der Waals surface area (Å²) in [5.74, 6) is -0.171. The van der Waals surface area contributed by atoms with Gasteiger partial charge in [-0.3, -0.25) is 0 Å². The van der Waals surface area contributed by atoms with Crippen LogP contribution >= 0.6 is 0 Å². The number of nitrogens with zero attached hydrogens (tertiary/aromatic N) is 1. The Morgan fingerprint density at radius 1 is 1.35 bits per heavy atom. The van der Waals surface area contributed by atoms with E-state index in [0.29, 0.717) is 6.54 Å². The Labute approximate surface area is 119 Å². The zero-order valence-electron chi connectivity index (χ0n) is 11.8. The molecule has 2 unspecified atom stereocenters. The number of likely N-dealkylation sites (tertiary alicyclic amines) is 1. The second-order valence-corrected chi connectivity index (χ2v) is 6.00. The van der Waals surface area contributed by atoms with Crippen molar-refractivity contribution in [2.24, 2.45) is 0 Å². The summed E-state index contributed by atoms with van der Waals surface area (Å²) in [6.07, 6.45) is 4.14. The maximum absolute atomic E-state index is 13.3. The molecule has 2 atom stereocenters. The third-order valence-corrected chi connectivity index (χ3v) is 4.45. The Balaban J connectivity index is 1.51. The Bertz CT molecular complexity index is 460. The Morgan fingerprint density at radius 3 is 2.95 bits per heavy atom. The van der Waals surface area contributed by atoms with Gasteiger partial charge in [0.2, 0.25) is 0 Å². The smallest absolute Gasteiger partial charge is 0.123 e.